The molecular formula is C22H19O5P. The van der Waals surface area contributed by atoms with E-state index in [-0.39, 0.29) is 11.3 Å². The van der Waals surface area contributed by atoms with Crippen LogP contribution in [-0.4, -0.2) is 21.1 Å². The van der Waals surface area contributed by atoms with Crippen LogP contribution in [0.4, 0.5) is 0 Å². The van der Waals surface area contributed by atoms with Crippen LogP contribution < -0.4 is 0 Å². The second-order valence-electron chi connectivity index (χ2n) is 6.57. The first-order valence-corrected chi connectivity index (χ1v) is 10.2. The SMILES string of the molecule is Cc1ccccc1C(=O)c1cc(C)c(C(=O)P(=O)(O)O)c(-c2ccccc2)c1. The van der Waals surface area contributed by atoms with Crippen molar-refractivity contribution < 1.29 is 23.9 Å². The van der Waals surface area contributed by atoms with Crippen molar-refractivity contribution in [2.24, 2.45) is 0 Å². The van der Waals surface area contributed by atoms with E-state index in [0.29, 0.717) is 27.8 Å². The number of hydrogen-bond donors (Lipinski definition) is 2. The van der Waals surface area contributed by atoms with Crippen molar-refractivity contribution in [3.8, 4) is 11.1 Å². The summed E-state index contributed by atoms with van der Waals surface area (Å²) in [5.74, 6) is -0.214. The minimum atomic E-state index is -4.98. The minimum absolute atomic E-state index is 0.0686. The molecule has 3 aromatic rings. The Bertz CT molecular complexity index is 1110. The minimum Gasteiger partial charge on any atom is -0.319 e. The molecule has 5 nitrogen and oxygen atoms in total. The average Bonchev–Trinajstić information content (AvgIpc) is 2.66. The maximum atomic E-state index is 13.0. The molecule has 0 atom stereocenters. The number of carbonyl (C=O) groups excluding carboxylic acids is 2. The number of benzene rings is 3. The van der Waals surface area contributed by atoms with Crippen LogP contribution in [0.1, 0.15) is 37.4 Å². The summed E-state index contributed by atoms with van der Waals surface area (Å²) in [5.41, 5.74) is 1.66. The first-order valence-electron chi connectivity index (χ1n) is 8.61. The zero-order valence-corrected chi connectivity index (χ0v) is 16.3. The van der Waals surface area contributed by atoms with Crippen molar-refractivity contribution in [1.29, 1.82) is 0 Å². The van der Waals surface area contributed by atoms with Gasteiger partial charge in [0.15, 0.2) is 5.78 Å². The van der Waals surface area contributed by atoms with Gasteiger partial charge in [-0.2, -0.15) is 0 Å². The van der Waals surface area contributed by atoms with Gasteiger partial charge in [-0.25, -0.2) is 0 Å². The second-order valence-corrected chi connectivity index (χ2v) is 8.07. The molecule has 6 heteroatoms. The summed E-state index contributed by atoms with van der Waals surface area (Å²) in [6, 6.07) is 19.0. The highest BCUT2D eigenvalue weighted by Gasteiger charge is 2.32. The van der Waals surface area contributed by atoms with Crippen molar-refractivity contribution in [2.45, 2.75) is 13.8 Å². The van der Waals surface area contributed by atoms with Gasteiger partial charge in [0.25, 0.3) is 5.52 Å². The van der Waals surface area contributed by atoms with Crippen molar-refractivity contribution in [2.75, 3.05) is 0 Å². The molecule has 0 aromatic heterocycles. The normalized spacial score (nSPS) is 11.3. The monoisotopic (exact) mass is 394 g/mol. The van der Waals surface area contributed by atoms with Crippen LogP contribution in [0.25, 0.3) is 11.1 Å². The van der Waals surface area contributed by atoms with E-state index in [4.69, 9.17) is 0 Å². The summed E-state index contributed by atoms with van der Waals surface area (Å²) in [6.07, 6.45) is 0. The summed E-state index contributed by atoms with van der Waals surface area (Å²) in [6.45, 7) is 3.41. The van der Waals surface area contributed by atoms with Crippen molar-refractivity contribution in [3.63, 3.8) is 0 Å². The lowest BCUT2D eigenvalue weighted by molar-refractivity contribution is 0.103. The zero-order chi connectivity index (χ0) is 20.5. The maximum Gasteiger partial charge on any atom is 0.396 e. The van der Waals surface area contributed by atoms with E-state index in [9.17, 15) is 23.9 Å². The van der Waals surface area contributed by atoms with Crippen LogP contribution in [0, 0.1) is 13.8 Å². The molecule has 0 aliphatic heterocycles. The van der Waals surface area contributed by atoms with Crippen molar-refractivity contribution in [3.05, 3.63) is 94.5 Å². The fraction of sp³-hybridized carbons (Fsp3) is 0.0909. The van der Waals surface area contributed by atoms with E-state index in [1.54, 1.807) is 49.4 Å². The van der Waals surface area contributed by atoms with Gasteiger partial charge in [-0.1, -0.05) is 54.6 Å². The van der Waals surface area contributed by atoms with Crippen molar-refractivity contribution in [1.82, 2.24) is 0 Å². The number of carbonyl (C=O) groups is 2. The lowest BCUT2D eigenvalue weighted by Crippen LogP contribution is -2.09. The van der Waals surface area contributed by atoms with E-state index in [2.05, 4.69) is 0 Å². The van der Waals surface area contributed by atoms with Crippen LogP contribution in [0.3, 0.4) is 0 Å². The quantitative estimate of drug-likeness (QED) is 0.490. The summed E-state index contributed by atoms with van der Waals surface area (Å²) in [4.78, 5) is 44.3. The smallest absolute Gasteiger partial charge is 0.319 e. The molecule has 0 bridgehead atoms. The Kier molecular flexibility index (Phi) is 5.43. The Hall–Kier alpha value is -2.85. The number of aryl methyl sites for hydroxylation is 2. The van der Waals surface area contributed by atoms with Crippen molar-refractivity contribution >= 4 is 18.9 Å². The molecule has 0 heterocycles. The molecule has 0 aliphatic carbocycles. The van der Waals surface area contributed by atoms with Gasteiger partial charge in [0, 0.05) is 16.7 Å². The Morgan fingerprint density at radius 3 is 2.04 bits per heavy atom. The highest BCUT2D eigenvalue weighted by molar-refractivity contribution is 7.71. The molecule has 3 rings (SSSR count). The third kappa shape index (κ3) is 3.87. The highest BCUT2D eigenvalue weighted by atomic mass is 31.2. The molecule has 2 N–H and O–H groups in total. The molecule has 0 spiro atoms. The summed E-state index contributed by atoms with van der Waals surface area (Å²) < 4.78 is 11.6. The zero-order valence-electron chi connectivity index (χ0n) is 15.4. The second kappa shape index (κ2) is 7.64. The summed E-state index contributed by atoms with van der Waals surface area (Å²) in [5, 5.41) is 0. The fourth-order valence-corrected chi connectivity index (χ4v) is 3.76. The Labute approximate surface area is 162 Å². The van der Waals surface area contributed by atoms with Crippen LogP contribution in [0.5, 0.6) is 0 Å². The molecule has 0 fully saturated rings. The number of hydrogen-bond acceptors (Lipinski definition) is 3. The van der Waals surface area contributed by atoms with E-state index >= 15 is 0 Å². The van der Waals surface area contributed by atoms with E-state index < -0.39 is 13.1 Å². The van der Waals surface area contributed by atoms with Gasteiger partial charge in [-0.15, -0.1) is 0 Å². The first kappa shape index (κ1) is 19.9. The molecule has 28 heavy (non-hydrogen) atoms. The topological polar surface area (TPSA) is 91.7 Å². The largest absolute Gasteiger partial charge is 0.396 e. The van der Waals surface area contributed by atoms with Gasteiger partial charge in [-0.3, -0.25) is 14.2 Å². The predicted molar refractivity (Wildman–Crippen MR) is 108 cm³/mol. The average molecular weight is 394 g/mol. The Morgan fingerprint density at radius 1 is 0.821 bits per heavy atom. The summed E-state index contributed by atoms with van der Waals surface area (Å²) in [7, 11) is -4.98. The predicted octanol–water partition coefficient (Wildman–Crippen LogP) is 4.52. The lowest BCUT2D eigenvalue weighted by atomic mass is 9.90. The van der Waals surface area contributed by atoms with Crippen LogP contribution in [0.15, 0.2) is 66.7 Å². The van der Waals surface area contributed by atoms with Gasteiger partial charge in [-0.05, 0) is 48.2 Å². The van der Waals surface area contributed by atoms with E-state index in [0.717, 1.165) is 5.56 Å². The highest BCUT2D eigenvalue weighted by Crippen LogP contribution is 2.43. The molecule has 0 saturated heterocycles. The van der Waals surface area contributed by atoms with Crippen LogP contribution in [0.2, 0.25) is 0 Å². The number of ketones is 1. The Morgan fingerprint density at radius 2 is 1.43 bits per heavy atom. The molecule has 0 aliphatic rings. The third-order valence-electron chi connectivity index (χ3n) is 4.55. The van der Waals surface area contributed by atoms with Gasteiger partial charge < -0.3 is 9.79 Å². The molecule has 0 saturated carbocycles. The van der Waals surface area contributed by atoms with Gasteiger partial charge in [0.2, 0.25) is 0 Å². The van der Waals surface area contributed by atoms with Gasteiger partial charge in [0.1, 0.15) is 0 Å². The molecule has 142 valence electrons. The third-order valence-corrected chi connectivity index (χ3v) is 5.30. The molecule has 0 amide bonds. The van der Waals surface area contributed by atoms with E-state index in [1.807, 2.05) is 19.1 Å². The fourth-order valence-electron chi connectivity index (χ4n) is 3.18. The lowest BCUT2D eigenvalue weighted by Gasteiger charge is -2.15. The molecular weight excluding hydrogens is 375 g/mol. The molecule has 0 unspecified atom stereocenters. The van der Waals surface area contributed by atoms with Crippen LogP contribution >= 0.6 is 7.60 Å². The van der Waals surface area contributed by atoms with Gasteiger partial charge >= 0.3 is 7.60 Å². The first-order chi connectivity index (χ1) is 13.2. The maximum absolute atomic E-state index is 13.0. The van der Waals surface area contributed by atoms with Crippen LogP contribution in [-0.2, 0) is 4.57 Å². The molecule has 3 aromatic carbocycles. The number of rotatable bonds is 5. The van der Waals surface area contributed by atoms with Gasteiger partial charge in [0.05, 0.1) is 0 Å². The standard InChI is InChI=1S/C22H19O5P/c1-14-8-6-7-11-18(14)21(23)17-12-15(2)20(22(24)28(25,26)27)19(13-17)16-9-4-3-5-10-16/h3-13H,1-2H3,(H2,25,26,27). The Balaban J connectivity index is 2.25. The van der Waals surface area contributed by atoms with E-state index in [1.165, 1.54) is 12.1 Å². The summed E-state index contributed by atoms with van der Waals surface area (Å²) >= 11 is 0. The molecule has 0 radical (unpaired) electrons.